The van der Waals surface area contributed by atoms with E-state index in [1.54, 1.807) is 6.92 Å². The molecule has 104 valence electrons. The first-order valence-corrected chi connectivity index (χ1v) is 5.55. The zero-order chi connectivity index (χ0) is 14.2. The maximum Gasteiger partial charge on any atom is 0.252 e. The molecule has 2 aromatic rings. The summed E-state index contributed by atoms with van der Waals surface area (Å²) in [5, 5.41) is 45.0. The highest BCUT2D eigenvalue weighted by Crippen LogP contribution is 2.18. The summed E-state index contributed by atoms with van der Waals surface area (Å²) in [6.07, 6.45) is -4.68. The van der Waals surface area contributed by atoms with Crippen molar-refractivity contribution in [1.82, 2.24) is 19.6 Å². The van der Waals surface area contributed by atoms with Crippen molar-refractivity contribution in [2.45, 2.75) is 25.2 Å². The second-order valence-electron chi connectivity index (χ2n) is 4.18. The van der Waals surface area contributed by atoms with Crippen LogP contribution in [0, 0.1) is 6.92 Å². The van der Waals surface area contributed by atoms with Gasteiger partial charge in [-0.3, -0.25) is 14.2 Å². The molecule has 5 N–H and O–H groups in total. The summed E-state index contributed by atoms with van der Waals surface area (Å²) in [6.45, 7) is 0.904. The lowest BCUT2D eigenvalue weighted by Crippen LogP contribution is -2.35. The Kier molecular flexibility index (Phi) is 3.62. The largest absolute Gasteiger partial charge is 0.394 e. The Labute approximate surface area is 106 Å². The molecule has 9 heteroatoms. The van der Waals surface area contributed by atoms with Gasteiger partial charge >= 0.3 is 0 Å². The molecule has 0 radical (unpaired) electrons. The first-order valence-electron chi connectivity index (χ1n) is 5.55. The van der Waals surface area contributed by atoms with Gasteiger partial charge in [0.05, 0.1) is 6.61 Å². The van der Waals surface area contributed by atoms with Gasteiger partial charge in [-0.25, -0.2) is 0 Å². The van der Waals surface area contributed by atoms with Gasteiger partial charge in [-0.1, -0.05) is 0 Å². The monoisotopic (exact) mass is 270 g/mol. The lowest BCUT2D eigenvalue weighted by atomic mass is 10.1. The molecular weight excluding hydrogens is 256 g/mol. The third-order valence-electron chi connectivity index (χ3n) is 2.79. The van der Waals surface area contributed by atoms with Crippen LogP contribution in [-0.4, -0.2) is 58.8 Å². The fourth-order valence-electron chi connectivity index (χ4n) is 1.79. The summed E-state index contributed by atoms with van der Waals surface area (Å²) < 4.78 is 1.35. The SMILES string of the molecule is Cc1cc(=O)[nH]c2nnc([C@@H](O)[C@H](O)[C@H](O)CO)n12. The van der Waals surface area contributed by atoms with Crippen molar-refractivity contribution in [3.63, 3.8) is 0 Å². The van der Waals surface area contributed by atoms with Crippen LogP contribution in [0.25, 0.3) is 5.78 Å². The van der Waals surface area contributed by atoms with Gasteiger partial charge in [-0.05, 0) is 6.92 Å². The first kappa shape index (κ1) is 13.6. The number of nitrogens with one attached hydrogen (secondary N) is 1. The average molecular weight is 270 g/mol. The highest BCUT2D eigenvalue weighted by atomic mass is 16.4. The van der Waals surface area contributed by atoms with Gasteiger partial charge in [0, 0.05) is 11.8 Å². The van der Waals surface area contributed by atoms with Gasteiger partial charge in [0.25, 0.3) is 5.56 Å². The van der Waals surface area contributed by atoms with Crippen LogP contribution in [0.2, 0.25) is 0 Å². The van der Waals surface area contributed by atoms with Crippen LogP contribution in [0.15, 0.2) is 10.9 Å². The molecule has 0 saturated heterocycles. The summed E-state index contributed by atoms with van der Waals surface area (Å²) in [5.74, 6) is 0.0773. The van der Waals surface area contributed by atoms with Crippen LogP contribution in [0.4, 0.5) is 0 Å². The molecular formula is C10H14N4O5. The molecule has 0 bridgehead atoms. The number of H-pyrrole nitrogens is 1. The maximum absolute atomic E-state index is 11.3. The van der Waals surface area contributed by atoms with Gasteiger partial charge in [-0.15, -0.1) is 10.2 Å². The van der Waals surface area contributed by atoms with E-state index < -0.39 is 24.9 Å². The van der Waals surface area contributed by atoms with E-state index >= 15 is 0 Å². The normalized spacial score (nSPS) is 16.5. The molecule has 0 saturated carbocycles. The lowest BCUT2D eigenvalue weighted by molar-refractivity contribution is -0.0806. The van der Waals surface area contributed by atoms with Crippen molar-refractivity contribution >= 4 is 5.78 Å². The lowest BCUT2D eigenvalue weighted by Gasteiger charge is -2.20. The summed E-state index contributed by atoms with van der Waals surface area (Å²) in [4.78, 5) is 13.7. The van der Waals surface area contributed by atoms with Crippen molar-refractivity contribution in [2.24, 2.45) is 0 Å². The predicted octanol–water partition coefficient (Wildman–Crippen LogP) is -2.53. The van der Waals surface area contributed by atoms with Crippen molar-refractivity contribution in [1.29, 1.82) is 0 Å². The molecule has 0 aliphatic heterocycles. The van der Waals surface area contributed by atoms with E-state index in [0.29, 0.717) is 5.69 Å². The standard InChI is InChI=1S/C10H14N4O5/c1-4-2-6(17)11-10-13-12-9(14(4)10)8(19)7(18)5(16)3-15/h2,5,7-8,15-16,18-19H,3H2,1H3,(H,11,13,17)/t5-,7-,8+/m1/s1. The number of hydrogen-bond acceptors (Lipinski definition) is 7. The molecule has 2 rings (SSSR count). The van der Waals surface area contributed by atoms with Crippen LogP contribution >= 0.6 is 0 Å². The summed E-state index contributed by atoms with van der Waals surface area (Å²) in [6, 6.07) is 1.28. The fraction of sp³-hybridized carbons (Fsp3) is 0.500. The van der Waals surface area contributed by atoms with E-state index in [9.17, 15) is 20.1 Å². The van der Waals surface area contributed by atoms with Gasteiger partial charge in [0.15, 0.2) is 5.82 Å². The number of hydrogen-bond donors (Lipinski definition) is 5. The van der Waals surface area contributed by atoms with E-state index in [2.05, 4.69) is 15.2 Å². The Morgan fingerprint density at radius 3 is 2.68 bits per heavy atom. The number of nitrogens with zero attached hydrogens (tertiary/aromatic N) is 3. The molecule has 0 fully saturated rings. The number of aliphatic hydroxyl groups is 4. The van der Waals surface area contributed by atoms with Gasteiger partial charge in [0.1, 0.15) is 18.3 Å². The second-order valence-corrected chi connectivity index (χ2v) is 4.18. The van der Waals surface area contributed by atoms with Crippen LogP contribution in [-0.2, 0) is 0 Å². The molecule has 0 unspecified atom stereocenters. The molecule has 2 heterocycles. The number of fused-ring (bicyclic) bond motifs is 1. The van der Waals surface area contributed by atoms with E-state index in [1.165, 1.54) is 10.5 Å². The Morgan fingerprint density at radius 2 is 2.05 bits per heavy atom. The molecule has 3 atom stereocenters. The van der Waals surface area contributed by atoms with E-state index in [-0.39, 0.29) is 17.2 Å². The molecule has 9 nitrogen and oxygen atoms in total. The van der Waals surface area contributed by atoms with Crippen LogP contribution < -0.4 is 5.56 Å². The first-order chi connectivity index (χ1) is 8.95. The van der Waals surface area contributed by atoms with E-state index in [1.807, 2.05) is 0 Å². The van der Waals surface area contributed by atoms with Gasteiger partial charge < -0.3 is 20.4 Å². The van der Waals surface area contributed by atoms with Crippen molar-refractivity contribution in [2.75, 3.05) is 6.61 Å². The fourth-order valence-corrected chi connectivity index (χ4v) is 1.79. The minimum atomic E-state index is -1.62. The summed E-state index contributed by atoms with van der Waals surface area (Å²) >= 11 is 0. The highest BCUT2D eigenvalue weighted by Gasteiger charge is 2.29. The number of aryl methyl sites for hydroxylation is 1. The topological polar surface area (TPSA) is 144 Å². The average Bonchev–Trinajstić information content (AvgIpc) is 2.79. The number of rotatable bonds is 4. The Bertz CT molecular complexity index is 636. The minimum absolute atomic E-state index is 0.0382. The van der Waals surface area contributed by atoms with Crippen LogP contribution in [0.5, 0.6) is 0 Å². The third kappa shape index (κ3) is 2.36. The van der Waals surface area contributed by atoms with Crippen molar-refractivity contribution in [3.05, 3.63) is 27.9 Å². The van der Waals surface area contributed by atoms with Gasteiger partial charge in [0.2, 0.25) is 5.78 Å². The quantitative estimate of drug-likeness (QED) is 0.412. The van der Waals surface area contributed by atoms with Crippen molar-refractivity contribution < 1.29 is 20.4 Å². The zero-order valence-electron chi connectivity index (χ0n) is 10.1. The number of aromatic amines is 1. The molecule has 2 aromatic heterocycles. The highest BCUT2D eigenvalue weighted by molar-refractivity contribution is 5.30. The van der Waals surface area contributed by atoms with Crippen LogP contribution in [0.1, 0.15) is 17.6 Å². The third-order valence-corrected chi connectivity index (χ3v) is 2.79. The smallest absolute Gasteiger partial charge is 0.252 e. The molecule has 0 aliphatic carbocycles. The Balaban J connectivity index is 2.49. The summed E-state index contributed by atoms with van der Waals surface area (Å²) in [7, 11) is 0. The van der Waals surface area contributed by atoms with E-state index in [4.69, 9.17) is 5.11 Å². The Hall–Kier alpha value is -1.81. The molecule has 0 aliphatic rings. The molecule has 0 amide bonds. The Morgan fingerprint density at radius 1 is 1.37 bits per heavy atom. The number of aromatic nitrogens is 4. The van der Waals surface area contributed by atoms with E-state index in [0.717, 1.165) is 0 Å². The molecule has 0 spiro atoms. The van der Waals surface area contributed by atoms with Gasteiger partial charge in [-0.2, -0.15) is 0 Å². The molecule has 19 heavy (non-hydrogen) atoms. The number of aliphatic hydroxyl groups excluding tert-OH is 4. The summed E-state index contributed by atoms with van der Waals surface area (Å²) in [5.41, 5.74) is 0.0952. The van der Waals surface area contributed by atoms with Crippen LogP contribution in [0.3, 0.4) is 0 Å². The maximum atomic E-state index is 11.3. The van der Waals surface area contributed by atoms with Crippen molar-refractivity contribution in [3.8, 4) is 0 Å². The zero-order valence-corrected chi connectivity index (χ0v) is 10.1. The minimum Gasteiger partial charge on any atom is -0.394 e. The molecule has 0 aromatic carbocycles. The predicted molar refractivity (Wildman–Crippen MR) is 62.4 cm³/mol. The second kappa shape index (κ2) is 5.05.